The summed E-state index contributed by atoms with van der Waals surface area (Å²) in [6.45, 7) is 0. The van der Waals surface area contributed by atoms with Crippen molar-refractivity contribution in [1.82, 2.24) is 4.57 Å². The second-order valence-corrected chi connectivity index (χ2v) is 5.81. The number of thioether (sulfide) groups is 1. The molecule has 5 heteroatoms. The zero-order chi connectivity index (χ0) is 15.5. The van der Waals surface area contributed by atoms with E-state index in [1.54, 1.807) is 17.8 Å². The minimum absolute atomic E-state index is 0.155. The Labute approximate surface area is 131 Å². The van der Waals surface area contributed by atoms with Gasteiger partial charge in [0.1, 0.15) is 11.8 Å². The first kappa shape index (κ1) is 14.2. The smallest absolute Gasteiger partial charge is 0.416 e. The highest BCUT2D eigenvalue weighted by Gasteiger charge is 2.13. The van der Waals surface area contributed by atoms with Crippen LogP contribution in [0.25, 0.3) is 10.8 Å². The molecule has 0 saturated carbocycles. The van der Waals surface area contributed by atoms with Crippen LogP contribution in [0.3, 0.4) is 0 Å². The maximum atomic E-state index is 11.2. The lowest BCUT2D eigenvalue weighted by Crippen LogP contribution is -2.08. The van der Waals surface area contributed by atoms with Gasteiger partial charge in [-0.05, 0) is 17.7 Å². The van der Waals surface area contributed by atoms with Crippen molar-refractivity contribution in [2.75, 3.05) is 0 Å². The first-order valence-electron chi connectivity index (χ1n) is 6.64. The largest absolute Gasteiger partial charge is 0.464 e. The molecule has 0 spiro atoms. The second-order valence-electron chi connectivity index (χ2n) is 4.77. The van der Waals surface area contributed by atoms with Gasteiger partial charge in [-0.25, -0.2) is 9.36 Å². The van der Waals surface area contributed by atoms with Crippen molar-refractivity contribution in [1.29, 1.82) is 5.26 Å². The molecule has 4 nitrogen and oxygen atoms in total. The molecule has 108 valence electrons. The third-order valence-electron chi connectivity index (χ3n) is 3.35. The van der Waals surface area contributed by atoms with Crippen LogP contribution in [0.4, 0.5) is 4.79 Å². The minimum Gasteiger partial charge on any atom is -0.464 e. The maximum absolute atomic E-state index is 11.2. The third kappa shape index (κ3) is 2.69. The number of carboxylic acid groups (broad SMARTS) is 1. The van der Waals surface area contributed by atoms with Gasteiger partial charge in [0, 0.05) is 27.6 Å². The van der Waals surface area contributed by atoms with Crippen LogP contribution in [0.2, 0.25) is 0 Å². The summed E-state index contributed by atoms with van der Waals surface area (Å²) in [5, 5.41) is 19.7. The van der Waals surface area contributed by atoms with Crippen molar-refractivity contribution in [3.63, 3.8) is 0 Å². The van der Waals surface area contributed by atoms with Gasteiger partial charge in [-0.1, -0.05) is 36.4 Å². The fourth-order valence-corrected chi connectivity index (χ4v) is 3.19. The molecule has 0 amide bonds. The molecule has 0 radical (unpaired) electrons. The quantitative estimate of drug-likeness (QED) is 0.731. The Hall–Kier alpha value is -2.71. The van der Waals surface area contributed by atoms with E-state index in [0.717, 1.165) is 20.6 Å². The van der Waals surface area contributed by atoms with E-state index in [0.29, 0.717) is 5.39 Å². The van der Waals surface area contributed by atoms with Gasteiger partial charge in [-0.2, -0.15) is 5.26 Å². The molecule has 0 aliphatic rings. The molecule has 3 rings (SSSR count). The van der Waals surface area contributed by atoms with Gasteiger partial charge in [-0.3, -0.25) is 0 Å². The van der Waals surface area contributed by atoms with Crippen molar-refractivity contribution in [2.24, 2.45) is 0 Å². The van der Waals surface area contributed by atoms with Gasteiger partial charge in [-0.15, -0.1) is 11.8 Å². The van der Waals surface area contributed by atoms with Crippen LogP contribution >= 0.6 is 11.8 Å². The molecule has 0 aliphatic carbocycles. The standard InChI is InChI=1S/C17H12N2O2S/c18-9-16-15-7-6-14(8-13(15)10-19(16)17(20)21)22-11-12-4-2-1-3-5-12/h1-8,10H,11H2,(H,20,21). The summed E-state index contributed by atoms with van der Waals surface area (Å²) in [5.41, 5.74) is 1.38. The highest BCUT2D eigenvalue weighted by atomic mass is 32.2. The summed E-state index contributed by atoms with van der Waals surface area (Å²) < 4.78 is 0.969. The molecule has 3 aromatic rings. The van der Waals surface area contributed by atoms with Gasteiger partial charge in [0.05, 0.1) is 0 Å². The van der Waals surface area contributed by atoms with Gasteiger partial charge in [0.2, 0.25) is 0 Å². The average Bonchev–Trinajstić information content (AvgIpc) is 2.92. The number of benzene rings is 2. The first-order valence-corrected chi connectivity index (χ1v) is 7.63. The van der Waals surface area contributed by atoms with Crippen LogP contribution in [0.1, 0.15) is 11.3 Å². The van der Waals surface area contributed by atoms with Crippen molar-refractivity contribution in [3.05, 3.63) is 66.0 Å². The molecule has 0 aliphatic heterocycles. The van der Waals surface area contributed by atoms with Crippen LogP contribution in [-0.4, -0.2) is 15.8 Å². The van der Waals surface area contributed by atoms with E-state index < -0.39 is 6.09 Å². The van der Waals surface area contributed by atoms with E-state index in [1.807, 2.05) is 36.4 Å². The Morgan fingerprint density at radius 1 is 1.23 bits per heavy atom. The van der Waals surface area contributed by atoms with Crippen LogP contribution in [0, 0.1) is 11.3 Å². The summed E-state index contributed by atoms with van der Waals surface area (Å²) >= 11 is 1.68. The summed E-state index contributed by atoms with van der Waals surface area (Å²) in [4.78, 5) is 12.2. The fraction of sp³-hybridized carbons (Fsp3) is 0.0588. The topological polar surface area (TPSA) is 66.0 Å². The van der Waals surface area contributed by atoms with Gasteiger partial charge < -0.3 is 5.11 Å². The Bertz CT molecular complexity index is 879. The van der Waals surface area contributed by atoms with Crippen LogP contribution in [0.5, 0.6) is 0 Å². The lowest BCUT2D eigenvalue weighted by Gasteiger charge is -2.02. The summed E-state index contributed by atoms with van der Waals surface area (Å²) in [5.74, 6) is 0.844. The maximum Gasteiger partial charge on any atom is 0.416 e. The Morgan fingerprint density at radius 2 is 2.00 bits per heavy atom. The zero-order valence-electron chi connectivity index (χ0n) is 11.6. The van der Waals surface area contributed by atoms with Crippen LogP contribution in [0.15, 0.2) is 59.6 Å². The molecular formula is C17H12N2O2S. The van der Waals surface area contributed by atoms with Gasteiger partial charge in [0.25, 0.3) is 0 Å². The number of nitriles is 1. The van der Waals surface area contributed by atoms with Crippen molar-refractivity contribution < 1.29 is 9.90 Å². The highest BCUT2D eigenvalue weighted by Crippen LogP contribution is 2.28. The molecular weight excluding hydrogens is 296 g/mol. The molecule has 0 unspecified atom stereocenters. The van der Waals surface area contributed by atoms with Crippen molar-refractivity contribution in [3.8, 4) is 6.07 Å². The summed E-state index contributed by atoms with van der Waals surface area (Å²) in [6.07, 6.45) is 0.342. The van der Waals surface area contributed by atoms with Gasteiger partial charge >= 0.3 is 6.09 Å². The van der Waals surface area contributed by atoms with Crippen molar-refractivity contribution in [2.45, 2.75) is 10.6 Å². The van der Waals surface area contributed by atoms with E-state index in [9.17, 15) is 4.79 Å². The molecule has 0 atom stereocenters. The molecule has 0 saturated heterocycles. The Morgan fingerprint density at radius 3 is 2.68 bits per heavy atom. The number of hydrogen-bond donors (Lipinski definition) is 1. The average molecular weight is 308 g/mol. The Balaban J connectivity index is 1.90. The molecule has 1 N–H and O–H groups in total. The van der Waals surface area contributed by atoms with Gasteiger partial charge in [0.15, 0.2) is 0 Å². The number of carbonyl (C=O) groups is 1. The lowest BCUT2D eigenvalue weighted by molar-refractivity contribution is 0.196. The van der Waals surface area contributed by atoms with E-state index >= 15 is 0 Å². The number of fused-ring (bicyclic) bond motifs is 1. The molecule has 0 bridgehead atoms. The predicted molar refractivity (Wildman–Crippen MR) is 86.1 cm³/mol. The normalized spacial score (nSPS) is 10.5. The SMILES string of the molecule is N#Cc1c2ccc(SCc3ccccc3)cc2cn1C(=O)O. The molecule has 2 aromatic carbocycles. The highest BCUT2D eigenvalue weighted by molar-refractivity contribution is 7.98. The minimum atomic E-state index is -1.15. The number of hydrogen-bond acceptors (Lipinski definition) is 3. The molecule has 0 fully saturated rings. The molecule has 1 aromatic heterocycles. The second kappa shape index (κ2) is 5.96. The third-order valence-corrected chi connectivity index (χ3v) is 4.41. The number of nitrogens with zero attached hydrogens (tertiary/aromatic N) is 2. The van der Waals surface area contributed by atoms with E-state index in [1.165, 1.54) is 11.8 Å². The van der Waals surface area contributed by atoms with Crippen molar-refractivity contribution >= 4 is 28.6 Å². The van der Waals surface area contributed by atoms with E-state index in [4.69, 9.17) is 10.4 Å². The number of rotatable bonds is 3. The summed E-state index contributed by atoms with van der Waals surface area (Å²) in [6, 6.07) is 17.7. The molecule has 22 heavy (non-hydrogen) atoms. The zero-order valence-corrected chi connectivity index (χ0v) is 12.4. The van der Waals surface area contributed by atoms with Crippen LogP contribution < -0.4 is 0 Å². The molecule has 1 heterocycles. The Kier molecular flexibility index (Phi) is 3.86. The summed E-state index contributed by atoms with van der Waals surface area (Å²) in [7, 11) is 0. The van der Waals surface area contributed by atoms with E-state index in [2.05, 4.69) is 12.1 Å². The number of aromatic nitrogens is 1. The van der Waals surface area contributed by atoms with E-state index in [-0.39, 0.29) is 5.69 Å². The first-order chi connectivity index (χ1) is 10.7. The van der Waals surface area contributed by atoms with Crippen LogP contribution in [-0.2, 0) is 5.75 Å². The predicted octanol–water partition coefficient (Wildman–Crippen LogP) is 4.33. The monoisotopic (exact) mass is 308 g/mol. The fourth-order valence-electron chi connectivity index (χ4n) is 2.29. The lowest BCUT2D eigenvalue weighted by atomic mass is 10.2.